The summed E-state index contributed by atoms with van der Waals surface area (Å²) in [5.41, 5.74) is 7.53. The molecule has 62 valence electrons. The van der Waals surface area contributed by atoms with E-state index in [-0.39, 0.29) is 0 Å². The van der Waals surface area contributed by atoms with Gasteiger partial charge in [0.2, 0.25) is 0 Å². The summed E-state index contributed by atoms with van der Waals surface area (Å²) in [5.74, 6) is 0. The number of hydrogen-bond donors (Lipinski definition) is 2. The molecule has 1 rings (SSSR count). The molecule has 0 aliphatic carbocycles. The third-order valence-electron chi connectivity index (χ3n) is 2.06. The number of nitrogens with one attached hydrogen (secondary N) is 1. The Hall–Kier alpha value is -0.830. The molecular weight excluding hydrogens is 138 g/mol. The van der Waals surface area contributed by atoms with Gasteiger partial charge in [-0.15, -0.1) is 0 Å². The van der Waals surface area contributed by atoms with Crippen molar-refractivity contribution in [3.63, 3.8) is 0 Å². The second kappa shape index (κ2) is 3.05. The predicted molar refractivity (Wildman–Crippen MR) is 46.7 cm³/mol. The van der Waals surface area contributed by atoms with Crippen LogP contribution in [0.25, 0.3) is 0 Å². The molecule has 0 saturated carbocycles. The predicted octanol–water partition coefficient (Wildman–Crippen LogP) is 0.573. The summed E-state index contributed by atoms with van der Waals surface area (Å²) in [7, 11) is 0. The first-order chi connectivity index (χ1) is 5.15. The lowest BCUT2D eigenvalue weighted by Gasteiger charge is -2.19. The van der Waals surface area contributed by atoms with Gasteiger partial charge in [0.15, 0.2) is 0 Å². The Morgan fingerprint density at radius 1 is 1.55 bits per heavy atom. The molecule has 3 heteroatoms. The topological polar surface area (TPSA) is 53.1 Å². The van der Waals surface area contributed by atoms with Crippen molar-refractivity contribution >= 4 is 6.21 Å². The average molecular weight is 153 g/mol. The van der Waals surface area contributed by atoms with Crippen LogP contribution in [0.4, 0.5) is 0 Å². The van der Waals surface area contributed by atoms with E-state index in [1.54, 1.807) is 0 Å². The van der Waals surface area contributed by atoms with Gasteiger partial charge in [0.1, 0.15) is 0 Å². The molecule has 0 amide bonds. The highest BCUT2D eigenvalue weighted by atomic mass is 15.2. The average Bonchev–Trinajstić information content (AvgIpc) is 2.31. The minimum absolute atomic E-state index is 0.519. The van der Waals surface area contributed by atoms with Crippen LogP contribution in [-0.4, -0.2) is 30.2 Å². The molecule has 11 heavy (non-hydrogen) atoms. The highest BCUT2D eigenvalue weighted by Crippen LogP contribution is 2.13. The molecule has 0 spiro atoms. The van der Waals surface area contributed by atoms with Crippen molar-refractivity contribution in [1.29, 1.82) is 5.41 Å². The Bertz CT molecular complexity index is 194. The monoisotopic (exact) mass is 153 g/mol. The van der Waals surface area contributed by atoms with Crippen LogP contribution in [0.15, 0.2) is 11.3 Å². The molecule has 1 heterocycles. The Kier molecular flexibility index (Phi) is 2.29. The molecule has 1 aliphatic heterocycles. The maximum absolute atomic E-state index is 7.07. The van der Waals surface area contributed by atoms with Gasteiger partial charge >= 0.3 is 0 Å². The van der Waals surface area contributed by atoms with Crippen molar-refractivity contribution in [1.82, 2.24) is 4.90 Å². The van der Waals surface area contributed by atoms with Crippen LogP contribution in [0.5, 0.6) is 0 Å². The molecule has 0 unspecified atom stereocenters. The smallest absolute Gasteiger partial charge is 0.0389 e. The van der Waals surface area contributed by atoms with Crippen LogP contribution < -0.4 is 5.73 Å². The zero-order valence-corrected chi connectivity index (χ0v) is 7.09. The van der Waals surface area contributed by atoms with Crippen molar-refractivity contribution in [2.24, 2.45) is 5.73 Å². The molecule has 0 aromatic carbocycles. The lowest BCUT2D eigenvalue weighted by molar-refractivity contribution is 0.282. The summed E-state index contributed by atoms with van der Waals surface area (Å²) in [4.78, 5) is 2.25. The van der Waals surface area contributed by atoms with Crippen LogP contribution in [0.1, 0.15) is 13.8 Å². The third kappa shape index (κ3) is 1.60. The summed E-state index contributed by atoms with van der Waals surface area (Å²) in [6, 6.07) is 0.519. The van der Waals surface area contributed by atoms with Gasteiger partial charge in [0.25, 0.3) is 0 Å². The zero-order chi connectivity index (χ0) is 8.43. The molecule has 3 N–H and O–H groups in total. The summed E-state index contributed by atoms with van der Waals surface area (Å²) < 4.78 is 0. The largest absolute Gasteiger partial charge is 0.401 e. The van der Waals surface area contributed by atoms with E-state index >= 15 is 0 Å². The third-order valence-corrected chi connectivity index (χ3v) is 2.06. The van der Waals surface area contributed by atoms with Gasteiger partial charge < -0.3 is 11.1 Å². The fraction of sp³-hybridized carbons (Fsp3) is 0.625. The molecule has 0 bridgehead atoms. The molecule has 0 aromatic rings. The lowest BCUT2D eigenvalue weighted by atomic mass is 10.3. The van der Waals surface area contributed by atoms with E-state index in [1.165, 1.54) is 6.21 Å². The number of nitrogens with two attached hydrogens (primary N) is 1. The van der Waals surface area contributed by atoms with Crippen molar-refractivity contribution in [3.8, 4) is 0 Å². The number of rotatable bonds is 2. The fourth-order valence-electron chi connectivity index (χ4n) is 1.20. The van der Waals surface area contributed by atoms with E-state index in [2.05, 4.69) is 18.7 Å². The highest BCUT2D eigenvalue weighted by Gasteiger charge is 2.19. The summed E-state index contributed by atoms with van der Waals surface area (Å²) in [6.07, 6.45) is 1.36. The molecule has 0 aromatic heterocycles. The maximum atomic E-state index is 7.07. The second-order valence-corrected chi connectivity index (χ2v) is 3.19. The molecule has 0 atom stereocenters. The van der Waals surface area contributed by atoms with Crippen LogP contribution in [0.2, 0.25) is 0 Å². The summed E-state index contributed by atoms with van der Waals surface area (Å²) in [6.45, 7) is 5.94. The van der Waals surface area contributed by atoms with Gasteiger partial charge in [-0.2, -0.15) is 0 Å². The molecular formula is C8H15N3. The first kappa shape index (κ1) is 8.27. The first-order valence-electron chi connectivity index (χ1n) is 3.87. The van der Waals surface area contributed by atoms with Crippen molar-refractivity contribution in [3.05, 3.63) is 11.3 Å². The van der Waals surface area contributed by atoms with Crippen molar-refractivity contribution in [2.75, 3.05) is 13.1 Å². The van der Waals surface area contributed by atoms with E-state index in [0.29, 0.717) is 6.04 Å². The van der Waals surface area contributed by atoms with Gasteiger partial charge in [-0.05, 0) is 13.8 Å². The van der Waals surface area contributed by atoms with E-state index in [4.69, 9.17) is 11.1 Å². The van der Waals surface area contributed by atoms with Gasteiger partial charge in [0.05, 0.1) is 0 Å². The van der Waals surface area contributed by atoms with Crippen molar-refractivity contribution in [2.45, 2.75) is 19.9 Å². The lowest BCUT2D eigenvalue weighted by Crippen LogP contribution is -2.29. The van der Waals surface area contributed by atoms with Crippen LogP contribution >= 0.6 is 0 Å². The Morgan fingerprint density at radius 3 is 2.45 bits per heavy atom. The summed E-state index contributed by atoms with van der Waals surface area (Å²) in [5, 5.41) is 7.07. The van der Waals surface area contributed by atoms with Crippen LogP contribution in [-0.2, 0) is 0 Å². The van der Waals surface area contributed by atoms with E-state index < -0.39 is 0 Å². The van der Waals surface area contributed by atoms with E-state index in [0.717, 1.165) is 24.4 Å². The molecule has 0 radical (unpaired) electrons. The molecule has 3 nitrogen and oxygen atoms in total. The molecule has 1 aliphatic rings. The minimum Gasteiger partial charge on any atom is -0.401 e. The van der Waals surface area contributed by atoms with Gasteiger partial charge in [-0.1, -0.05) is 0 Å². The van der Waals surface area contributed by atoms with Gasteiger partial charge in [-0.25, -0.2) is 0 Å². The van der Waals surface area contributed by atoms with Crippen LogP contribution in [0, 0.1) is 5.41 Å². The molecule has 0 fully saturated rings. The quantitative estimate of drug-likeness (QED) is 0.570. The number of hydrogen-bond acceptors (Lipinski definition) is 3. The summed E-state index contributed by atoms with van der Waals surface area (Å²) >= 11 is 0. The normalized spacial score (nSPS) is 19.9. The second-order valence-electron chi connectivity index (χ2n) is 3.19. The Morgan fingerprint density at radius 2 is 2.18 bits per heavy atom. The van der Waals surface area contributed by atoms with Crippen molar-refractivity contribution < 1.29 is 0 Å². The van der Waals surface area contributed by atoms with Gasteiger partial charge in [0, 0.05) is 36.6 Å². The Balaban J connectivity index is 2.60. The van der Waals surface area contributed by atoms with Gasteiger partial charge in [-0.3, -0.25) is 4.90 Å². The van der Waals surface area contributed by atoms with E-state index in [1.807, 2.05) is 0 Å². The minimum atomic E-state index is 0.519. The Labute approximate surface area is 67.4 Å². The first-order valence-corrected chi connectivity index (χ1v) is 3.87. The van der Waals surface area contributed by atoms with E-state index in [9.17, 15) is 0 Å². The SMILES string of the molecule is CC(C)N1CC(N)=C(C=N)C1. The highest BCUT2D eigenvalue weighted by molar-refractivity contribution is 5.78. The molecule has 0 saturated heterocycles. The zero-order valence-electron chi connectivity index (χ0n) is 7.09. The standard InChI is InChI=1S/C8H15N3/c1-6(2)11-4-7(3-9)8(10)5-11/h3,6,9H,4-5,10H2,1-2H3. The number of nitrogens with zero attached hydrogens (tertiary/aromatic N) is 1. The fourth-order valence-corrected chi connectivity index (χ4v) is 1.20. The van der Waals surface area contributed by atoms with Crippen LogP contribution in [0.3, 0.4) is 0 Å². The maximum Gasteiger partial charge on any atom is 0.0389 e.